The van der Waals surface area contributed by atoms with Crippen molar-refractivity contribution < 1.29 is 18.9 Å². The number of nitrogens with zero attached hydrogens (tertiary/aromatic N) is 2. The number of furan rings is 1. The molecule has 1 aromatic heterocycles. The number of rotatable bonds is 7. The molecule has 0 atom stereocenters. The average Bonchev–Trinajstić information content (AvgIpc) is 3.16. The smallest absolute Gasteiger partial charge is 0.277 e. The minimum atomic E-state index is -0.463. The zero-order chi connectivity index (χ0) is 19.9. The van der Waals surface area contributed by atoms with Gasteiger partial charge in [-0.1, -0.05) is 17.7 Å². The summed E-state index contributed by atoms with van der Waals surface area (Å²) in [6.07, 6.45) is 1.36. The van der Waals surface area contributed by atoms with Gasteiger partial charge in [-0.15, -0.1) is 0 Å². The van der Waals surface area contributed by atoms with Crippen LogP contribution < -0.4 is 10.2 Å². The van der Waals surface area contributed by atoms with Crippen LogP contribution in [0.4, 0.5) is 5.69 Å². The van der Waals surface area contributed by atoms with Gasteiger partial charge in [0.2, 0.25) is 0 Å². The van der Waals surface area contributed by atoms with Crippen LogP contribution >= 0.6 is 0 Å². The van der Waals surface area contributed by atoms with Crippen molar-refractivity contribution in [2.45, 2.75) is 6.92 Å². The van der Waals surface area contributed by atoms with Crippen molar-refractivity contribution in [1.29, 1.82) is 0 Å². The highest BCUT2D eigenvalue weighted by Crippen LogP contribution is 2.24. The Morgan fingerprint density at radius 3 is 2.54 bits per heavy atom. The molecule has 1 heterocycles. The Morgan fingerprint density at radius 1 is 1.14 bits per heavy atom. The van der Waals surface area contributed by atoms with E-state index in [1.54, 1.807) is 36.4 Å². The number of carbonyl (C=O) groups is 1. The van der Waals surface area contributed by atoms with Gasteiger partial charge < -0.3 is 9.15 Å². The van der Waals surface area contributed by atoms with Crippen molar-refractivity contribution in [1.82, 2.24) is 5.43 Å². The van der Waals surface area contributed by atoms with Crippen molar-refractivity contribution in [3.63, 3.8) is 0 Å². The molecule has 0 unspecified atom stereocenters. The van der Waals surface area contributed by atoms with E-state index in [4.69, 9.17) is 9.15 Å². The first-order valence-corrected chi connectivity index (χ1v) is 8.37. The number of hydrogen-bond donors (Lipinski definition) is 1. The number of amides is 1. The fourth-order valence-corrected chi connectivity index (χ4v) is 2.31. The summed E-state index contributed by atoms with van der Waals surface area (Å²) < 4.78 is 10.9. The van der Waals surface area contributed by atoms with E-state index in [-0.39, 0.29) is 12.3 Å². The monoisotopic (exact) mass is 379 g/mol. The van der Waals surface area contributed by atoms with E-state index in [0.717, 1.165) is 5.56 Å². The first-order chi connectivity index (χ1) is 13.5. The van der Waals surface area contributed by atoms with Crippen molar-refractivity contribution in [3.8, 4) is 17.1 Å². The highest BCUT2D eigenvalue weighted by molar-refractivity contribution is 5.81. The van der Waals surface area contributed by atoms with Gasteiger partial charge >= 0.3 is 0 Å². The second-order valence-corrected chi connectivity index (χ2v) is 5.90. The molecular weight excluding hydrogens is 362 g/mol. The number of benzene rings is 2. The van der Waals surface area contributed by atoms with Gasteiger partial charge in [-0.25, -0.2) is 5.43 Å². The first-order valence-electron chi connectivity index (χ1n) is 8.37. The molecule has 2 aromatic carbocycles. The third-order valence-corrected chi connectivity index (χ3v) is 3.76. The summed E-state index contributed by atoms with van der Waals surface area (Å²) in [5.74, 6) is 1.15. The Hall–Kier alpha value is -3.94. The highest BCUT2D eigenvalue weighted by atomic mass is 16.6. The second-order valence-electron chi connectivity index (χ2n) is 5.90. The summed E-state index contributed by atoms with van der Waals surface area (Å²) in [7, 11) is 0. The van der Waals surface area contributed by atoms with Gasteiger partial charge in [0.25, 0.3) is 11.6 Å². The number of nitro groups is 1. The molecule has 3 aromatic rings. The Labute approximate surface area is 160 Å². The van der Waals surface area contributed by atoms with Crippen LogP contribution in [0.5, 0.6) is 5.75 Å². The van der Waals surface area contributed by atoms with Gasteiger partial charge in [0.05, 0.1) is 11.1 Å². The third kappa shape index (κ3) is 5.04. The van der Waals surface area contributed by atoms with Crippen LogP contribution in [0.2, 0.25) is 0 Å². The largest absolute Gasteiger partial charge is 0.484 e. The molecule has 142 valence electrons. The van der Waals surface area contributed by atoms with Gasteiger partial charge in [0.15, 0.2) is 6.61 Å². The van der Waals surface area contributed by atoms with E-state index in [2.05, 4.69) is 10.5 Å². The minimum Gasteiger partial charge on any atom is -0.484 e. The number of hydrogen-bond acceptors (Lipinski definition) is 6. The molecule has 0 fully saturated rings. The number of aryl methyl sites for hydroxylation is 1. The molecule has 1 N–H and O–H groups in total. The number of nitrogens with one attached hydrogen (secondary N) is 1. The summed E-state index contributed by atoms with van der Waals surface area (Å²) in [5, 5.41) is 14.5. The number of hydrazone groups is 1. The lowest BCUT2D eigenvalue weighted by molar-refractivity contribution is -0.384. The Balaban J connectivity index is 1.51. The van der Waals surface area contributed by atoms with Crippen LogP contribution in [0.3, 0.4) is 0 Å². The number of carbonyl (C=O) groups excluding carboxylic acids is 1. The van der Waals surface area contributed by atoms with Gasteiger partial charge in [-0.2, -0.15) is 5.10 Å². The maximum atomic E-state index is 11.8. The summed E-state index contributed by atoms with van der Waals surface area (Å²) >= 11 is 0. The predicted octanol–water partition coefficient (Wildman–Crippen LogP) is 3.69. The average molecular weight is 379 g/mol. The van der Waals surface area contributed by atoms with Crippen LogP contribution in [0.1, 0.15) is 11.3 Å². The van der Waals surface area contributed by atoms with Crippen LogP contribution in [-0.4, -0.2) is 23.7 Å². The summed E-state index contributed by atoms with van der Waals surface area (Å²) in [6, 6.07) is 16.8. The molecule has 1 amide bonds. The van der Waals surface area contributed by atoms with Gasteiger partial charge in [0.1, 0.15) is 17.3 Å². The van der Waals surface area contributed by atoms with E-state index < -0.39 is 10.8 Å². The lowest BCUT2D eigenvalue weighted by Crippen LogP contribution is -2.24. The molecule has 0 spiro atoms. The van der Waals surface area contributed by atoms with Crippen molar-refractivity contribution in [2.75, 3.05) is 6.61 Å². The Morgan fingerprint density at radius 2 is 1.86 bits per heavy atom. The standard InChI is InChI=1S/C20H17N3O5/c1-14-2-8-17(9-3-14)27-13-20(24)22-21-12-18-10-11-19(28-18)15-4-6-16(7-5-15)23(25)26/h2-12H,13H2,1H3,(H,22,24)/b21-12-. The SMILES string of the molecule is Cc1ccc(OCC(=O)N/N=C\c2ccc(-c3ccc([N+](=O)[O-])cc3)o2)cc1. The molecule has 0 radical (unpaired) electrons. The number of non-ortho nitro benzene ring substituents is 1. The molecule has 0 aliphatic heterocycles. The molecule has 0 bridgehead atoms. The Kier molecular flexibility index (Phi) is 5.81. The highest BCUT2D eigenvalue weighted by Gasteiger charge is 2.08. The molecule has 0 aliphatic rings. The fourth-order valence-electron chi connectivity index (χ4n) is 2.31. The first kappa shape index (κ1) is 18.8. The van der Waals surface area contributed by atoms with E-state index in [9.17, 15) is 14.9 Å². The van der Waals surface area contributed by atoms with Crippen molar-refractivity contribution in [3.05, 3.63) is 82.1 Å². The normalized spacial score (nSPS) is 10.8. The zero-order valence-electron chi connectivity index (χ0n) is 15.0. The van der Waals surface area contributed by atoms with Crippen LogP contribution in [-0.2, 0) is 4.79 Å². The van der Waals surface area contributed by atoms with Crippen LogP contribution in [0.15, 0.2) is 70.2 Å². The summed E-state index contributed by atoms with van der Waals surface area (Å²) in [4.78, 5) is 22.0. The quantitative estimate of drug-likeness (QED) is 0.383. The van der Waals surface area contributed by atoms with Gasteiger partial charge in [-0.05, 0) is 43.3 Å². The molecule has 3 rings (SSSR count). The van der Waals surface area contributed by atoms with E-state index in [1.807, 2.05) is 19.1 Å². The lowest BCUT2D eigenvalue weighted by Gasteiger charge is -2.04. The maximum absolute atomic E-state index is 11.8. The van der Waals surface area contributed by atoms with Crippen LogP contribution in [0.25, 0.3) is 11.3 Å². The van der Waals surface area contributed by atoms with Gasteiger partial charge in [-0.3, -0.25) is 14.9 Å². The molecule has 8 nitrogen and oxygen atoms in total. The summed E-state index contributed by atoms with van der Waals surface area (Å²) in [5.41, 5.74) is 4.16. The molecule has 8 heteroatoms. The van der Waals surface area contributed by atoms with E-state index >= 15 is 0 Å². The van der Waals surface area contributed by atoms with Crippen molar-refractivity contribution >= 4 is 17.8 Å². The molecule has 0 saturated heterocycles. The zero-order valence-corrected chi connectivity index (χ0v) is 15.0. The molecular formula is C20H17N3O5. The van der Waals surface area contributed by atoms with Gasteiger partial charge in [0, 0.05) is 17.7 Å². The van der Waals surface area contributed by atoms with Crippen molar-refractivity contribution in [2.24, 2.45) is 5.10 Å². The van der Waals surface area contributed by atoms with Crippen LogP contribution in [0, 0.1) is 17.0 Å². The molecule has 0 saturated carbocycles. The molecule has 0 aliphatic carbocycles. The molecule has 28 heavy (non-hydrogen) atoms. The second kappa shape index (κ2) is 8.63. The fraction of sp³-hybridized carbons (Fsp3) is 0.100. The predicted molar refractivity (Wildman–Crippen MR) is 103 cm³/mol. The topological polar surface area (TPSA) is 107 Å². The number of nitro benzene ring substituents is 1. The lowest BCUT2D eigenvalue weighted by atomic mass is 10.1. The van der Waals surface area contributed by atoms with E-state index in [1.165, 1.54) is 18.3 Å². The minimum absolute atomic E-state index is 0.00709. The summed E-state index contributed by atoms with van der Waals surface area (Å²) in [6.45, 7) is 1.81. The third-order valence-electron chi connectivity index (χ3n) is 3.76. The maximum Gasteiger partial charge on any atom is 0.277 e. The van der Waals surface area contributed by atoms with E-state index in [0.29, 0.717) is 22.8 Å². The Bertz CT molecular complexity index is 991. The number of ether oxygens (including phenoxy) is 1.